The van der Waals surface area contributed by atoms with Crippen LogP contribution in [-0.4, -0.2) is 12.5 Å². The zero-order valence-corrected chi connectivity index (χ0v) is 11.1. The highest BCUT2D eigenvalue weighted by atomic mass is 32.1. The Morgan fingerprint density at radius 1 is 1.22 bits per heavy atom. The van der Waals surface area contributed by atoms with Gasteiger partial charge in [-0.2, -0.15) is 0 Å². The largest absolute Gasteiger partial charge is 0.385 e. The Balaban J connectivity index is 2.03. The van der Waals surface area contributed by atoms with Gasteiger partial charge in [-0.15, -0.1) is 11.3 Å². The molecule has 0 aliphatic carbocycles. The summed E-state index contributed by atoms with van der Waals surface area (Å²) in [5, 5.41) is 8.08. The van der Waals surface area contributed by atoms with E-state index in [0.717, 1.165) is 29.2 Å². The van der Waals surface area contributed by atoms with Crippen LogP contribution in [0.2, 0.25) is 0 Å². The van der Waals surface area contributed by atoms with Gasteiger partial charge >= 0.3 is 0 Å². The molecule has 1 heterocycles. The molecule has 0 aliphatic heterocycles. The molecule has 94 valence electrons. The van der Waals surface area contributed by atoms with Crippen molar-refractivity contribution in [3.05, 3.63) is 46.7 Å². The molecule has 0 bridgehead atoms. The predicted octanol–water partition coefficient (Wildman–Crippen LogP) is 3.82. The molecule has 2 N–H and O–H groups in total. The molecule has 0 saturated carbocycles. The van der Waals surface area contributed by atoms with Crippen molar-refractivity contribution >= 4 is 28.6 Å². The zero-order chi connectivity index (χ0) is 12.8. The molecule has 1 aromatic heterocycles. The Hall–Kier alpha value is -1.81. The average Bonchev–Trinajstić information content (AvgIpc) is 2.91. The van der Waals surface area contributed by atoms with Crippen LogP contribution in [0, 0.1) is 0 Å². The minimum absolute atomic E-state index is 0.0577. The van der Waals surface area contributed by atoms with Gasteiger partial charge in [0.05, 0.1) is 4.88 Å². The van der Waals surface area contributed by atoms with Crippen molar-refractivity contribution < 1.29 is 4.79 Å². The average molecular weight is 260 g/mol. The predicted molar refractivity (Wildman–Crippen MR) is 77.5 cm³/mol. The zero-order valence-electron chi connectivity index (χ0n) is 10.3. The summed E-state index contributed by atoms with van der Waals surface area (Å²) in [6.07, 6.45) is 1.08. The van der Waals surface area contributed by atoms with Crippen molar-refractivity contribution in [3.8, 4) is 0 Å². The quantitative estimate of drug-likeness (QED) is 0.858. The van der Waals surface area contributed by atoms with Crippen molar-refractivity contribution in [1.82, 2.24) is 0 Å². The summed E-state index contributed by atoms with van der Waals surface area (Å²) in [4.78, 5) is 12.6. The van der Waals surface area contributed by atoms with Crippen LogP contribution in [0.15, 0.2) is 41.8 Å². The van der Waals surface area contributed by atoms with E-state index in [0.29, 0.717) is 0 Å². The standard InChI is InChI=1S/C14H16N2OS/c1-2-8-15-11-5-3-6-12(10-11)16-14(17)13-7-4-9-18-13/h3-7,9-10,15H,2,8H2,1H3,(H,16,17). The van der Waals surface area contributed by atoms with Gasteiger partial charge in [0, 0.05) is 17.9 Å². The van der Waals surface area contributed by atoms with E-state index in [2.05, 4.69) is 17.6 Å². The molecule has 0 radical (unpaired) electrons. The highest BCUT2D eigenvalue weighted by Gasteiger charge is 2.06. The van der Waals surface area contributed by atoms with Gasteiger partial charge < -0.3 is 10.6 Å². The maximum atomic E-state index is 11.9. The number of nitrogens with one attached hydrogen (secondary N) is 2. The number of amides is 1. The first-order valence-electron chi connectivity index (χ1n) is 5.98. The molecule has 2 rings (SSSR count). The van der Waals surface area contributed by atoms with Gasteiger partial charge in [0.15, 0.2) is 0 Å². The molecular formula is C14H16N2OS. The van der Waals surface area contributed by atoms with Gasteiger partial charge in [-0.3, -0.25) is 4.79 Å². The number of anilines is 2. The molecular weight excluding hydrogens is 244 g/mol. The lowest BCUT2D eigenvalue weighted by atomic mass is 10.2. The van der Waals surface area contributed by atoms with Crippen LogP contribution in [0.3, 0.4) is 0 Å². The minimum Gasteiger partial charge on any atom is -0.385 e. The molecule has 2 aromatic rings. The summed E-state index contributed by atoms with van der Waals surface area (Å²) >= 11 is 1.44. The van der Waals surface area contributed by atoms with Crippen LogP contribution < -0.4 is 10.6 Å². The van der Waals surface area contributed by atoms with Crippen LogP contribution in [0.5, 0.6) is 0 Å². The summed E-state index contributed by atoms with van der Waals surface area (Å²) in [6.45, 7) is 3.05. The molecule has 0 unspecified atom stereocenters. The Bertz CT molecular complexity index is 508. The molecule has 0 spiro atoms. The molecule has 1 amide bonds. The van der Waals surface area contributed by atoms with E-state index >= 15 is 0 Å². The first-order chi connectivity index (χ1) is 8.79. The van der Waals surface area contributed by atoms with Gasteiger partial charge in [0.25, 0.3) is 5.91 Å². The summed E-state index contributed by atoms with van der Waals surface area (Å²) in [7, 11) is 0. The summed E-state index contributed by atoms with van der Waals surface area (Å²) in [5.41, 5.74) is 1.84. The van der Waals surface area contributed by atoms with Crippen molar-refractivity contribution in [1.29, 1.82) is 0 Å². The lowest BCUT2D eigenvalue weighted by Gasteiger charge is -2.08. The number of thiophene rings is 1. The molecule has 18 heavy (non-hydrogen) atoms. The van der Waals surface area contributed by atoms with Crippen LogP contribution in [0.25, 0.3) is 0 Å². The minimum atomic E-state index is -0.0577. The first-order valence-corrected chi connectivity index (χ1v) is 6.86. The van der Waals surface area contributed by atoms with Crippen molar-refractivity contribution in [2.45, 2.75) is 13.3 Å². The Morgan fingerprint density at radius 2 is 2.06 bits per heavy atom. The Kier molecular flexibility index (Phi) is 4.36. The van der Waals surface area contributed by atoms with Gasteiger partial charge in [0.1, 0.15) is 0 Å². The number of rotatable bonds is 5. The van der Waals surface area contributed by atoms with E-state index in [1.165, 1.54) is 11.3 Å². The van der Waals surface area contributed by atoms with Gasteiger partial charge in [-0.25, -0.2) is 0 Å². The van der Waals surface area contributed by atoms with Gasteiger partial charge in [-0.1, -0.05) is 19.1 Å². The monoisotopic (exact) mass is 260 g/mol. The molecule has 0 atom stereocenters. The second kappa shape index (κ2) is 6.21. The smallest absolute Gasteiger partial charge is 0.265 e. The lowest BCUT2D eigenvalue weighted by Crippen LogP contribution is -2.10. The molecule has 0 aliphatic rings. The summed E-state index contributed by atoms with van der Waals surface area (Å²) < 4.78 is 0. The molecule has 4 heteroatoms. The fourth-order valence-electron chi connectivity index (χ4n) is 1.58. The second-order valence-electron chi connectivity index (χ2n) is 3.94. The molecule has 0 saturated heterocycles. The SMILES string of the molecule is CCCNc1cccc(NC(=O)c2cccs2)c1. The second-order valence-corrected chi connectivity index (χ2v) is 4.89. The molecule has 0 fully saturated rings. The highest BCUT2D eigenvalue weighted by molar-refractivity contribution is 7.12. The highest BCUT2D eigenvalue weighted by Crippen LogP contribution is 2.17. The maximum Gasteiger partial charge on any atom is 0.265 e. The first kappa shape index (κ1) is 12.6. The Labute approximate surface area is 111 Å². The van der Waals surface area contributed by atoms with Crippen LogP contribution in [0.1, 0.15) is 23.0 Å². The number of carbonyl (C=O) groups excluding carboxylic acids is 1. The maximum absolute atomic E-state index is 11.9. The number of benzene rings is 1. The number of carbonyl (C=O) groups is 1. The van der Waals surface area contributed by atoms with Crippen molar-refractivity contribution in [2.75, 3.05) is 17.2 Å². The van der Waals surface area contributed by atoms with Crippen LogP contribution in [0.4, 0.5) is 11.4 Å². The van der Waals surface area contributed by atoms with Crippen LogP contribution >= 0.6 is 11.3 Å². The van der Waals surface area contributed by atoms with E-state index in [9.17, 15) is 4.79 Å². The van der Waals surface area contributed by atoms with E-state index in [1.807, 2.05) is 41.8 Å². The number of hydrogen-bond donors (Lipinski definition) is 2. The fraction of sp³-hybridized carbons (Fsp3) is 0.214. The topological polar surface area (TPSA) is 41.1 Å². The fourth-order valence-corrected chi connectivity index (χ4v) is 2.20. The van der Waals surface area contributed by atoms with Gasteiger partial charge in [-0.05, 0) is 36.1 Å². The van der Waals surface area contributed by atoms with E-state index < -0.39 is 0 Å². The molecule has 1 aromatic carbocycles. The van der Waals surface area contributed by atoms with Crippen molar-refractivity contribution in [2.24, 2.45) is 0 Å². The van der Waals surface area contributed by atoms with E-state index in [-0.39, 0.29) is 5.91 Å². The molecule has 3 nitrogen and oxygen atoms in total. The third-order valence-corrected chi connectivity index (χ3v) is 3.31. The number of hydrogen-bond acceptors (Lipinski definition) is 3. The summed E-state index contributed by atoms with van der Waals surface area (Å²) in [6, 6.07) is 11.5. The van der Waals surface area contributed by atoms with Crippen LogP contribution in [-0.2, 0) is 0 Å². The van der Waals surface area contributed by atoms with E-state index in [1.54, 1.807) is 0 Å². The summed E-state index contributed by atoms with van der Waals surface area (Å²) in [5.74, 6) is -0.0577. The van der Waals surface area contributed by atoms with E-state index in [4.69, 9.17) is 0 Å². The van der Waals surface area contributed by atoms with Gasteiger partial charge in [0.2, 0.25) is 0 Å². The normalized spacial score (nSPS) is 10.1. The lowest BCUT2D eigenvalue weighted by molar-refractivity contribution is 0.103. The third-order valence-electron chi connectivity index (χ3n) is 2.44. The third kappa shape index (κ3) is 3.34. The Morgan fingerprint density at radius 3 is 2.78 bits per heavy atom. The van der Waals surface area contributed by atoms with Crippen molar-refractivity contribution in [3.63, 3.8) is 0 Å².